The van der Waals surface area contributed by atoms with E-state index in [1.807, 2.05) is 126 Å². The number of methoxy groups -OCH3 is 2. The topological polar surface area (TPSA) is 164 Å². The summed E-state index contributed by atoms with van der Waals surface area (Å²) in [5.41, 5.74) is 0.208. The Kier molecular flexibility index (Phi) is 15.3. The number of nitriles is 1. The molecule has 15 heteroatoms. The molecule has 1 unspecified atom stereocenters. The van der Waals surface area contributed by atoms with Crippen molar-refractivity contribution in [3.63, 3.8) is 0 Å². The van der Waals surface area contributed by atoms with Gasteiger partial charge in [-0.15, -0.1) is 0 Å². The summed E-state index contributed by atoms with van der Waals surface area (Å²) in [5.74, 6) is -0.0495. The number of hydrogen-bond donors (Lipinski definition) is 1. The zero-order chi connectivity index (χ0) is 47.2. The van der Waals surface area contributed by atoms with E-state index in [1.54, 1.807) is 33.3 Å². The second-order valence-electron chi connectivity index (χ2n) is 17.3. The Morgan fingerprint density at radius 2 is 1.48 bits per heavy atom. The van der Waals surface area contributed by atoms with Crippen LogP contribution in [0.1, 0.15) is 91.4 Å². The zero-order valence-corrected chi connectivity index (χ0v) is 39.7. The predicted molar refractivity (Wildman–Crippen MR) is 250 cm³/mol. The van der Waals surface area contributed by atoms with Gasteiger partial charge >= 0.3 is 11.7 Å². The van der Waals surface area contributed by atoms with Crippen molar-refractivity contribution in [3.8, 4) is 17.6 Å². The van der Waals surface area contributed by atoms with Crippen LogP contribution in [0.5, 0.6) is 11.5 Å². The number of nitrogens with one attached hydrogen (secondary N) is 1. The highest BCUT2D eigenvalue weighted by Gasteiger charge is 2.65. The van der Waals surface area contributed by atoms with Gasteiger partial charge in [-0.25, -0.2) is 14.3 Å². The van der Waals surface area contributed by atoms with E-state index in [2.05, 4.69) is 15.7 Å². The average Bonchev–Trinajstić information content (AvgIpc) is 3.52. The lowest BCUT2D eigenvalue weighted by Crippen LogP contribution is -2.55. The summed E-state index contributed by atoms with van der Waals surface area (Å²) in [6.45, 7) is 11.7. The molecule has 0 radical (unpaired) electrons. The third-order valence-corrected chi connectivity index (χ3v) is 14.5. The van der Waals surface area contributed by atoms with Gasteiger partial charge in [0.15, 0.2) is 0 Å². The monoisotopic (exact) mass is 918 g/mol. The van der Waals surface area contributed by atoms with Crippen LogP contribution in [-0.4, -0.2) is 77.5 Å². The van der Waals surface area contributed by atoms with Gasteiger partial charge in [0.25, 0.3) is 14.1 Å². The summed E-state index contributed by atoms with van der Waals surface area (Å²) < 4.78 is 50.0. The Balaban J connectivity index is 1.43. The molecule has 2 aliphatic rings. The molecule has 1 aliphatic carbocycles. The molecule has 1 aromatic heterocycles. The molecule has 2 bridgehead atoms. The van der Waals surface area contributed by atoms with E-state index in [0.717, 1.165) is 22.3 Å². The summed E-state index contributed by atoms with van der Waals surface area (Å²) in [5, 5.41) is 9.60. The molecule has 0 spiro atoms. The van der Waals surface area contributed by atoms with Gasteiger partial charge in [-0.2, -0.15) is 5.26 Å². The normalized spacial score (nSPS) is 20.9. The number of aromatic amines is 1. The molecule has 6 atom stereocenters. The summed E-state index contributed by atoms with van der Waals surface area (Å²) in [4.78, 5) is 43.4. The minimum Gasteiger partial charge on any atom is -0.497 e. The Labute approximate surface area is 387 Å². The third-order valence-electron chi connectivity index (χ3n) is 12.4. The molecule has 4 aromatic carbocycles. The van der Waals surface area contributed by atoms with Crippen LogP contribution in [0.4, 0.5) is 0 Å². The first-order valence-corrected chi connectivity index (χ1v) is 23.4. The van der Waals surface area contributed by atoms with E-state index in [1.165, 1.54) is 10.8 Å². The highest BCUT2D eigenvalue weighted by atomic mass is 31.2. The Hall–Kier alpha value is -5.65. The van der Waals surface area contributed by atoms with Gasteiger partial charge in [-0.05, 0) is 107 Å². The number of rotatable bonds is 19. The van der Waals surface area contributed by atoms with Crippen molar-refractivity contribution in [2.24, 2.45) is 5.92 Å². The van der Waals surface area contributed by atoms with E-state index in [4.69, 9.17) is 32.7 Å². The van der Waals surface area contributed by atoms with Gasteiger partial charge in [0.05, 0.1) is 51.4 Å². The first-order valence-electron chi connectivity index (χ1n) is 22.3. The quantitative estimate of drug-likeness (QED) is 0.0363. The number of H-pyrrole nitrogens is 1. The Morgan fingerprint density at radius 1 is 0.894 bits per heavy atom. The fourth-order valence-corrected chi connectivity index (χ4v) is 11.0. The molecule has 1 aliphatic heterocycles. The van der Waals surface area contributed by atoms with Crippen LogP contribution in [0.25, 0.3) is 0 Å². The van der Waals surface area contributed by atoms with Crippen LogP contribution >= 0.6 is 8.53 Å². The maximum Gasteiger partial charge on any atom is 0.338 e. The number of benzene rings is 4. The van der Waals surface area contributed by atoms with E-state index in [9.17, 15) is 19.6 Å². The lowest BCUT2D eigenvalue weighted by atomic mass is 9.75. The number of fused-ring (bicyclic) bond motifs is 2. The van der Waals surface area contributed by atoms with Gasteiger partial charge in [0, 0.05) is 23.8 Å². The lowest BCUT2D eigenvalue weighted by Gasteiger charge is -2.46. The summed E-state index contributed by atoms with van der Waals surface area (Å²) >= 11 is 0. The maximum atomic E-state index is 14.1. The molecule has 1 saturated carbocycles. The maximum absolute atomic E-state index is 14.1. The second kappa shape index (κ2) is 20.9. The molecule has 2 heterocycles. The van der Waals surface area contributed by atoms with E-state index in [0.29, 0.717) is 23.5 Å². The minimum atomic E-state index is -1.92. The molecule has 66 heavy (non-hydrogen) atoms. The van der Waals surface area contributed by atoms with Crippen molar-refractivity contribution < 1.29 is 37.5 Å². The van der Waals surface area contributed by atoms with Crippen molar-refractivity contribution in [3.05, 3.63) is 164 Å². The number of nitrogens with zero attached hydrogens (tertiary/aromatic N) is 3. The van der Waals surface area contributed by atoms with Crippen molar-refractivity contribution in [1.29, 1.82) is 5.26 Å². The van der Waals surface area contributed by atoms with Crippen molar-refractivity contribution in [1.82, 2.24) is 14.2 Å². The number of esters is 1. The molecule has 5 aromatic rings. The second-order valence-corrected chi connectivity index (χ2v) is 18.7. The van der Waals surface area contributed by atoms with Crippen LogP contribution < -0.4 is 20.7 Å². The number of aromatic nitrogens is 2. The molecular formula is C51H59N4O10P. The Bertz CT molecular complexity index is 2520. The molecule has 14 nitrogen and oxygen atoms in total. The van der Waals surface area contributed by atoms with Crippen molar-refractivity contribution in [2.75, 3.05) is 27.4 Å². The fourth-order valence-electron chi connectivity index (χ4n) is 9.15. The number of hydrogen-bond acceptors (Lipinski definition) is 12. The highest BCUT2D eigenvalue weighted by Crippen LogP contribution is 2.59. The molecule has 0 amide bonds. The molecule has 7 rings (SSSR count). The van der Waals surface area contributed by atoms with E-state index in [-0.39, 0.29) is 43.7 Å². The van der Waals surface area contributed by atoms with Gasteiger partial charge in [-0.1, -0.05) is 72.3 Å². The first kappa shape index (κ1) is 48.3. The molecule has 1 N–H and O–H groups in total. The van der Waals surface area contributed by atoms with E-state index >= 15 is 0 Å². The molecule has 2 fully saturated rings. The van der Waals surface area contributed by atoms with Gasteiger partial charge in [0.2, 0.25) is 0 Å². The largest absolute Gasteiger partial charge is 0.497 e. The number of ether oxygens (including phenoxy) is 5. The Morgan fingerprint density at radius 3 is 2.05 bits per heavy atom. The van der Waals surface area contributed by atoms with Crippen LogP contribution in [0.15, 0.2) is 119 Å². The van der Waals surface area contributed by atoms with Crippen molar-refractivity contribution in [2.45, 2.75) is 103 Å². The fraction of sp³-hybridized carbons (Fsp3) is 0.412. The average molecular weight is 919 g/mol. The SMILES string of the molecule is COc1ccc(C(OC[C@@]23CC[C@@H](OC(=O)c4ccc(C)cc4)[C@@H]([C@H](n4cc(C)c(=O)[nH]c4=O)O2)[C@@H]3OP(OCCC#N)N(C(C)C)C(C)C)(c2ccccc2)c2ccc(OC)cc2)cc1. The summed E-state index contributed by atoms with van der Waals surface area (Å²) in [7, 11) is 1.31. The van der Waals surface area contributed by atoms with Gasteiger partial charge in [0.1, 0.15) is 41.1 Å². The number of carbonyl (C=O) groups excluding carboxylic acids is 1. The van der Waals surface area contributed by atoms with Gasteiger partial charge < -0.3 is 32.7 Å². The highest BCUT2D eigenvalue weighted by molar-refractivity contribution is 7.44. The number of aryl methyl sites for hydroxylation is 2. The lowest BCUT2D eigenvalue weighted by molar-refractivity contribution is -0.164. The minimum absolute atomic E-state index is 0.0566. The van der Waals surface area contributed by atoms with Crippen LogP contribution in [0.3, 0.4) is 0 Å². The van der Waals surface area contributed by atoms with Crippen LogP contribution in [0, 0.1) is 31.1 Å². The van der Waals surface area contributed by atoms with Crippen LogP contribution in [-0.2, 0) is 28.9 Å². The zero-order valence-electron chi connectivity index (χ0n) is 38.8. The first-order chi connectivity index (χ1) is 31.7. The summed E-state index contributed by atoms with van der Waals surface area (Å²) in [6, 6.07) is 34.5. The van der Waals surface area contributed by atoms with E-state index < -0.39 is 61.3 Å². The van der Waals surface area contributed by atoms with Crippen molar-refractivity contribution >= 4 is 14.5 Å². The summed E-state index contributed by atoms with van der Waals surface area (Å²) in [6.07, 6.45) is -0.730. The smallest absolute Gasteiger partial charge is 0.338 e. The molecule has 1 saturated heterocycles. The standard InChI is InChI=1S/C51H59N4O10P/c1-33(2)55(34(3)4)66(62-30-12-29-52)65-45-44-43(63-48(57)37-17-15-35(5)16-18-37)27-28-50(45,64-47(44)54-31-36(6)46(56)53-49(54)58)32-61-51(38-13-10-9-11-14-38,39-19-23-41(59-7)24-20-39)40-21-25-42(60-8)26-22-40/h9-11,13-26,31,33-34,43-45,47H,12,27-28,30,32H2,1-8H3,(H,53,56,58)/t43-,44-,45+,47-,50-,66?/m1/s1. The number of carbonyl (C=O) groups is 1. The molecule has 348 valence electrons. The van der Waals surface area contributed by atoms with Gasteiger partial charge in [-0.3, -0.25) is 14.3 Å². The third kappa shape index (κ3) is 9.88. The molecular weight excluding hydrogens is 860 g/mol. The predicted octanol–water partition coefficient (Wildman–Crippen LogP) is 8.74. The van der Waals surface area contributed by atoms with Crippen LogP contribution in [0.2, 0.25) is 0 Å².